The SMILES string of the molecule is Cc1ccc(S(=O)(=O)c2sc(=NC(=Nc3ccccc3)c3ccccc3)n(Cc3ccccc3)c2N)cc1. The van der Waals surface area contributed by atoms with E-state index in [-0.39, 0.29) is 14.9 Å². The number of thiazole rings is 1. The molecule has 0 saturated heterocycles. The van der Waals surface area contributed by atoms with E-state index in [2.05, 4.69) is 0 Å². The van der Waals surface area contributed by atoms with Crippen molar-refractivity contribution < 1.29 is 8.42 Å². The fraction of sp³-hybridized carbons (Fsp3) is 0.0667. The zero-order chi connectivity index (χ0) is 26.5. The van der Waals surface area contributed by atoms with E-state index in [9.17, 15) is 8.42 Å². The molecule has 5 aromatic rings. The van der Waals surface area contributed by atoms with Crippen molar-refractivity contribution in [3.05, 3.63) is 137 Å². The first-order chi connectivity index (χ1) is 18.4. The molecule has 190 valence electrons. The number of aliphatic imine (C=N–C) groups is 1. The van der Waals surface area contributed by atoms with Crippen molar-refractivity contribution >= 4 is 38.5 Å². The van der Waals surface area contributed by atoms with Crippen LogP contribution in [0.3, 0.4) is 0 Å². The normalized spacial score (nSPS) is 12.6. The van der Waals surface area contributed by atoms with Gasteiger partial charge in [-0.15, -0.1) is 0 Å². The average molecular weight is 539 g/mol. The zero-order valence-electron chi connectivity index (χ0n) is 20.7. The molecule has 6 nitrogen and oxygen atoms in total. The van der Waals surface area contributed by atoms with Crippen molar-refractivity contribution in [2.24, 2.45) is 9.98 Å². The summed E-state index contributed by atoms with van der Waals surface area (Å²) < 4.78 is 29.2. The van der Waals surface area contributed by atoms with Gasteiger partial charge >= 0.3 is 0 Å². The smallest absolute Gasteiger partial charge is 0.219 e. The molecular weight excluding hydrogens is 512 g/mol. The highest BCUT2D eigenvalue weighted by molar-refractivity contribution is 7.93. The van der Waals surface area contributed by atoms with Crippen molar-refractivity contribution in [2.45, 2.75) is 22.6 Å². The molecule has 8 heteroatoms. The van der Waals surface area contributed by atoms with E-state index in [1.54, 1.807) is 28.8 Å². The Hall–Kier alpha value is -4.27. The summed E-state index contributed by atoms with van der Waals surface area (Å²) in [6, 6.07) is 35.7. The lowest BCUT2D eigenvalue weighted by molar-refractivity contribution is 0.597. The third-order valence-corrected chi connectivity index (χ3v) is 9.29. The van der Waals surface area contributed by atoms with Gasteiger partial charge in [0.1, 0.15) is 5.82 Å². The van der Waals surface area contributed by atoms with Gasteiger partial charge in [0.15, 0.2) is 14.8 Å². The van der Waals surface area contributed by atoms with Crippen molar-refractivity contribution in [2.75, 3.05) is 5.73 Å². The maximum atomic E-state index is 13.7. The number of hydrogen-bond donors (Lipinski definition) is 1. The monoisotopic (exact) mass is 538 g/mol. The molecule has 5 rings (SSSR count). The number of hydrogen-bond acceptors (Lipinski definition) is 5. The zero-order valence-corrected chi connectivity index (χ0v) is 22.4. The summed E-state index contributed by atoms with van der Waals surface area (Å²) in [6.07, 6.45) is 0. The molecule has 1 heterocycles. The Morgan fingerprint density at radius 3 is 2.03 bits per heavy atom. The molecule has 0 aliphatic carbocycles. The lowest BCUT2D eigenvalue weighted by atomic mass is 10.2. The molecule has 0 bridgehead atoms. The first-order valence-corrected chi connectivity index (χ1v) is 14.3. The molecule has 0 radical (unpaired) electrons. The van der Waals surface area contributed by atoms with Crippen molar-refractivity contribution in [1.82, 2.24) is 4.57 Å². The molecule has 0 atom stereocenters. The van der Waals surface area contributed by atoms with Gasteiger partial charge in [-0.2, -0.15) is 0 Å². The summed E-state index contributed by atoms with van der Waals surface area (Å²) in [5.74, 6) is 0.601. The van der Waals surface area contributed by atoms with Crippen LogP contribution >= 0.6 is 11.3 Å². The Labute approximate surface area is 226 Å². The molecule has 4 aromatic carbocycles. The van der Waals surface area contributed by atoms with Gasteiger partial charge in [-0.1, -0.05) is 108 Å². The number of sulfone groups is 1. The second kappa shape index (κ2) is 11.0. The van der Waals surface area contributed by atoms with E-state index < -0.39 is 9.84 Å². The number of benzene rings is 4. The fourth-order valence-corrected chi connectivity index (χ4v) is 6.71. The Kier molecular flexibility index (Phi) is 7.35. The fourth-order valence-electron chi connectivity index (χ4n) is 3.88. The van der Waals surface area contributed by atoms with Gasteiger partial charge in [0, 0.05) is 5.56 Å². The highest BCUT2D eigenvalue weighted by atomic mass is 32.2. The molecule has 0 saturated carbocycles. The van der Waals surface area contributed by atoms with Crippen LogP contribution in [0.1, 0.15) is 16.7 Å². The maximum Gasteiger partial charge on any atom is 0.219 e. The van der Waals surface area contributed by atoms with Crippen LogP contribution in [0.25, 0.3) is 0 Å². The highest BCUT2D eigenvalue weighted by Gasteiger charge is 2.26. The summed E-state index contributed by atoms with van der Waals surface area (Å²) >= 11 is 1.05. The predicted octanol–water partition coefficient (Wildman–Crippen LogP) is 6.00. The number of para-hydroxylation sites is 1. The number of aryl methyl sites for hydroxylation is 1. The van der Waals surface area contributed by atoms with Crippen LogP contribution in [0.15, 0.2) is 134 Å². The number of anilines is 1. The van der Waals surface area contributed by atoms with Crippen LogP contribution in [0.2, 0.25) is 0 Å². The summed E-state index contributed by atoms with van der Waals surface area (Å²) in [7, 11) is -3.87. The van der Waals surface area contributed by atoms with Crippen molar-refractivity contribution in [1.29, 1.82) is 0 Å². The minimum atomic E-state index is -3.87. The summed E-state index contributed by atoms with van der Waals surface area (Å²) in [6.45, 7) is 2.27. The quantitative estimate of drug-likeness (QED) is 0.212. The average Bonchev–Trinajstić information content (AvgIpc) is 3.25. The molecule has 0 spiro atoms. The second-order valence-corrected chi connectivity index (χ2v) is 11.8. The molecule has 0 aliphatic rings. The Morgan fingerprint density at radius 1 is 0.816 bits per heavy atom. The van der Waals surface area contributed by atoms with Crippen LogP contribution in [0.5, 0.6) is 0 Å². The van der Waals surface area contributed by atoms with Gasteiger partial charge in [-0.05, 0) is 36.8 Å². The molecule has 0 amide bonds. The predicted molar refractivity (Wildman–Crippen MR) is 154 cm³/mol. The van der Waals surface area contributed by atoms with Crippen LogP contribution in [0, 0.1) is 6.92 Å². The molecule has 0 unspecified atom stereocenters. The highest BCUT2D eigenvalue weighted by Crippen LogP contribution is 2.29. The minimum Gasteiger partial charge on any atom is -0.383 e. The van der Waals surface area contributed by atoms with E-state index in [1.807, 2.05) is 97.9 Å². The first-order valence-electron chi connectivity index (χ1n) is 12.0. The summed E-state index contributed by atoms with van der Waals surface area (Å²) in [5, 5.41) is 0. The van der Waals surface area contributed by atoms with Crippen LogP contribution < -0.4 is 10.5 Å². The van der Waals surface area contributed by atoms with E-state index in [4.69, 9.17) is 15.7 Å². The Bertz CT molecular complexity index is 1740. The summed E-state index contributed by atoms with van der Waals surface area (Å²) in [5.41, 5.74) is 10.1. The molecule has 1 aromatic heterocycles. The van der Waals surface area contributed by atoms with Crippen LogP contribution in [-0.2, 0) is 16.4 Å². The Balaban J connectivity index is 1.73. The number of nitrogens with zero attached hydrogens (tertiary/aromatic N) is 3. The van der Waals surface area contributed by atoms with E-state index in [0.717, 1.165) is 33.7 Å². The lowest BCUT2D eigenvalue weighted by Crippen LogP contribution is -2.20. The molecule has 2 N–H and O–H groups in total. The standard InChI is InChI=1S/C30H26N4O2S2/c1-22-17-19-26(20-18-22)38(35,36)29-27(31)34(21-23-11-5-2-6-12-23)30(37-29)33-28(24-13-7-3-8-14-24)32-25-15-9-4-10-16-25/h2-20H,21,31H2,1H3. The first kappa shape index (κ1) is 25.4. The van der Waals surface area contributed by atoms with Crippen molar-refractivity contribution in [3.63, 3.8) is 0 Å². The van der Waals surface area contributed by atoms with Crippen molar-refractivity contribution in [3.8, 4) is 0 Å². The largest absolute Gasteiger partial charge is 0.383 e. The van der Waals surface area contributed by atoms with Crippen LogP contribution in [-0.4, -0.2) is 18.8 Å². The van der Waals surface area contributed by atoms with E-state index >= 15 is 0 Å². The lowest BCUT2D eigenvalue weighted by Gasteiger charge is -2.08. The van der Waals surface area contributed by atoms with E-state index in [0.29, 0.717) is 17.2 Å². The van der Waals surface area contributed by atoms with Gasteiger partial charge < -0.3 is 5.73 Å². The molecular formula is C30H26N4O2S2. The number of nitrogens with two attached hydrogens (primary N) is 1. The Morgan fingerprint density at radius 2 is 1.39 bits per heavy atom. The topological polar surface area (TPSA) is 89.8 Å². The number of amidine groups is 1. The third kappa shape index (κ3) is 5.51. The summed E-state index contributed by atoms with van der Waals surface area (Å²) in [4.78, 5) is 10.3. The number of rotatable bonds is 6. The van der Waals surface area contributed by atoms with Gasteiger partial charge in [-0.25, -0.2) is 18.4 Å². The van der Waals surface area contributed by atoms with E-state index in [1.165, 1.54) is 0 Å². The molecule has 0 aliphatic heterocycles. The van der Waals surface area contributed by atoms with Gasteiger partial charge in [0.25, 0.3) is 0 Å². The van der Waals surface area contributed by atoms with Crippen LogP contribution in [0.4, 0.5) is 11.5 Å². The maximum absolute atomic E-state index is 13.7. The van der Waals surface area contributed by atoms with Gasteiger partial charge in [0.05, 0.1) is 17.1 Å². The number of aromatic nitrogens is 1. The number of nitrogen functional groups attached to an aromatic ring is 1. The van der Waals surface area contributed by atoms with Gasteiger partial charge in [0.2, 0.25) is 9.84 Å². The minimum absolute atomic E-state index is 0.0585. The third-order valence-electron chi connectivity index (χ3n) is 5.90. The second-order valence-electron chi connectivity index (χ2n) is 8.69. The molecule has 38 heavy (non-hydrogen) atoms. The molecule has 0 fully saturated rings. The van der Waals surface area contributed by atoms with Gasteiger partial charge in [-0.3, -0.25) is 4.57 Å².